The van der Waals surface area contributed by atoms with Crippen LogP contribution in [-0.2, 0) is 4.79 Å². The molecule has 2 aliphatic carbocycles. The van der Waals surface area contributed by atoms with Crippen LogP contribution in [0.15, 0.2) is 0 Å². The maximum atomic E-state index is 12.3. The van der Waals surface area contributed by atoms with Crippen molar-refractivity contribution in [2.24, 2.45) is 0 Å². The standard InChI is InChI=1S/C14H24N2O3/c1-16(13(19)15-11-6-5-7-11)14(10-12(17)18)8-3-2-4-9-14/h11H,2-10H2,1H3,(H,15,19)(H,17,18). The first kappa shape index (κ1) is 14.2. The Balaban J connectivity index is 2.02. The molecule has 2 rings (SSSR count). The summed E-state index contributed by atoms with van der Waals surface area (Å²) < 4.78 is 0. The molecular weight excluding hydrogens is 244 g/mol. The van der Waals surface area contributed by atoms with Crippen LogP contribution in [0.4, 0.5) is 4.79 Å². The lowest BCUT2D eigenvalue weighted by Gasteiger charge is -2.44. The molecule has 0 saturated heterocycles. The SMILES string of the molecule is CN(C(=O)NC1CCC1)C1(CC(=O)O)CCCCC1. The van der Waals surface area contributed by atoms with Crippen molar-refractivity contribution in [2.45, 2.75) is 69.4 Å². The van der Waals surface area contributed by atoms with E-state index in [-0.39, 0.29) is 12.5 Å². The second-order valence-corrected chi connectivity index (χ2v) is 5.99. The zero-order valence-electron chi connectivity index (χ0n) is 11.7. The number of carboxylic acids is 1. The van der Waals surface area contributed by atoms with E-state index in [9.17, 15) is 9.59 Å². The number of nitrogens with one attached hydrogen (secondary N) is 1. The van der Waals surface area contributed by atoms with Crippen molar-refractivity contribution in [3.63, 3.8) is 0 Å². The number of rotatable bonds is 4. The molecule has 0 aliphatic heterocycles. The fraction of sp³-hybridized carbons (Fsp3) is 0.857. The van der Waals surface area contributed by atoms with E-state index in [1.165, 1.54) is 6.42 Å². The Kier molecular flexibility index (Phi) is 4.32. The van der Waals surface area contributed by atoms with E-state index >= 15 is 0 Å². The summed E-state index contributed by atoms with van der Waals surface area (Å²) in [6.45, 7) is 0. The number of amides is 2. The highest BCUT2D eigenvalue weighted by Gasteiger charge is 2.41. The van der Waals surface area contributed by atoms with Crippen LogP contribution in [0.25, 0.3) is 0 Å². The Bertz CT molecular complexity index is 347. The number of hydrogen-bond donors (Lipinski definition) is 2. The van der Waals surface area contributed by atoms with Gasteiger partial charge in [-0.3, -0.25) is 4.79 Å². The molecule has 108 valence electrons. The molecule has 2 amide bonds. The molecular formula is C14H24N2O3. The maximum Gasteiger partial charge on any atom is 0.317 e. The van der Waals surface area contributed by atoms with Crippen LogP contribution in [0.2, 0.25) is 0 Å². The van der Waals surface area contributed by atoms with Gasteiger partial charge in [-0.25, -0.2) is 4.79 Å². The van der Waals surface area contributed by atoms with Crippen molar-refractivity contribution < 1.29 is 14.7 Å². The van der Waals surface area contributed by atoms with Crippen LogP contribution in [0.5, 0.6) is 0 Å². The summed E-state index contributed by atoms with van der Waals surface area (Å²) in [5.41, 5.74) is -0.488. The quantitative estimate of drug-likeness (QED) is 0.822. The van der Waals surface area contributed by atoms with Crippen LogP contribution in [0.1, 0.15) is 57.8 Å². The Labute approximate surface area is 114 Å². The second kappa shape index (κ2) is 5.80. The van der Waals surface area contributed by atoms with Gasteiger partial charge in [0.05, 0.1) is 12.0 Å². The molecule has 0 bridgehead atoms. The molecule has 2 aliphatic rings. The summed E-state index contributed by atoms with van der Waals surface area (Å²) in [6, 6.07) is 0.188. The van der Waals surface area contributed by atoms with Crippen LogP contribution >= 0.6 is 0 Å². The fourth-order valence-electron chi connectivity index (χ4n) is 3.16. The second-order valence-electron chi connectivity index (χ2n) is 5.99. The predicted octanol–water partition coefficient (Wildman–Crippen LogP) is 2.36. The number of hydrogen-bond acceptors (Lipinski definition) is 2. The summed E-state index contributed by atoms with van der Waals surface area (Å²) in [4.78, 5) is 25.1. The highest BCUT2D eigenvalue weighted by atomic mass is 16.4. The highest BCUT2D eigenvalue weighted by molar-refractivity contribution is 5.77. The van der Waals surface area contributed by atoms with Crippen LogP contribution in [0.3, 0.4) is 0 Å². The van der Waals surface area contributed by atoms with E-state index < -0.39 is 11.5 Å². The van der Waals surface area contributed by atoms with Gasteiger partial charge < -0.3 is 15.3 Å². The normalized spacial score (nSPS) is 22.4. The minimum absolute atomic E-state index is 0.0571. The summed E-state index contributed by atoms with van der Waals surface area (Å²) in [6.07, 6.45) is 8.08. The van der Waals surface area contributed by atoms with Crippen molar-refractivity contribution in [1.82, 2.24) is 10.2 Å². The Morgan fingerprint density at radius 1 is 1.21 bits per heavy atom. The van der Waals surface area contributed by atoms with E-state index in [4.69, 9.17) is 5.11 Å². The number of urea groups is 1. The van der Waals surface area contributed by atoms with Gasteiger partial charge in [0.25, 0.3) is 0 Å². The Hall–Kier alpha value is -1.26. The molecule has 0 heterocycles. The molecule has 0 spiro atoms. The molecule has 0 aromatic rings. The Morgan fingerprint density at radius 2 is 1.84 bits per heavy atom. The third-order valence-electron chi connectivity index (χ3n) is 4.71. The average molecular weight is 268 g/mol. The largest absolute Gasteiger partial charge is 0.481 e. The number of nitrogens with zero attached hydrogens (tertiary/aromatic N) is 1. The summed E-state index contributed by atoms with van der Waals surface area (Å²) in [7, 11) is 1.75. The molecule has 0 radical (unpaired) electrons. The van der Waals surface area contributed by atoms with Crippen LogP contribution < -0.4 is 5.32 Å². The minimum atomic E-state index is -0.815. The molecule has 0 atom stereocenters. The molecule has 2 saturated carbocycles. The van der Waals surface area contributed by atoms with E-state index in [2.05, 4.69) is 5.32 Å². The van der Waals surface area contributed by atoms with Crippen molar-refractivity contribution in [3.05, 3.63) is 0 Å². The lowest BCUT2D eigenvalue weighted by Crippen LogP contribution is -2.57. The van der Waals surface area contributed by atoms with Gasteiger partial charge in [-0.2, -0.15) is 0 Å². The highest BCUT2D eigenvalue weighted by Crippen LogP contribution is 2.36. The number of carboxylic acid groups (broad SMARTS) is 1. The van der Waals surface area contributed by atoms with Crippen molar-refractivity contribution >= 4 is 12.0 Å². The lowest BCUT2D eigenvalue weighted by molar-refractivity contribution is -0.140. The van der Waals surface area contributed by atoms with E-state index in [1.807, 2.05) is 0 Å². The molecule has 0 aromatic heterocycles. The smallest absolute Gasteiger partial charge is 0.317 e. The number of carbonyl (C=O) groups excluding carboxylic acids is 1. The predicted molar refractivity (Wildman–Crippen MR) is 72.0 cm³/mol. The molecule has 19 heavy (non-hydrogen) atoms. The van der Waals surface area contributed by atoms with Gasteiger partial charge in [0.1, 0.15) is 0 Å². The average Bonchev–Trinajstić information content (AvgIpc) is 2.33. The minimum Gasteiger partial charge on any atom is -0.481 e. The molecule has 5 nitrogen and oxygen atoms in total. The lowest BCUT2D eigenvalue weighted by atomic mass is 9.78. The zero-order valence-corrected chi connectivity index (χ0v) is 11.7. The molecule has 2 N–H and O–H groups in total. The van der Waals surface area contributed by atoms with Gasteiger partial charge >= 0.3 is 12.0 Å². The van der Waals surface area contributed by atoms with Crippen LogP contribution in [-0.4, -0.2) is 40.6 Å². The first-order chi connectivity index (χ1) is 9.03. The molecule has 2 fully saturated rings. The maximum absolute atomic E-state index is 12.3. The van der Waals surface area contributed by atoms with Gasteiger partial charge in [-0.1, -0.05) is 19.3 Å². The van der Waals surface area contributed by atoms with Crippen molar-refractivity contribution in [1.29, 1.82) is 0 Å². The molecule has 0 aromatic carbocycles. The number of aliphatic carboxylic acids is 1. The van der Waals surface area contributed by atoms with E-state index in [0.717, 1.165) is 44.9 Å². The number of carbonyl (C=O) groups is 2. The van der Waals surface area contributed by atoms with Crippen LogP contribution in [0, 0.1) is 0 Å². The first-order valence-electron chi connectivity index (χ1n) is 7.30. The van der Waals surface area contributed by atoms with E-state index in [1.54, 1.807) is 11.9 Å². The van der Waals surface area contributed by atoms with Gasteiger partial charge in [0.2, 0.25) is 0 Å². The Morgan fingerprint density at radius 3 is 2.32 bits per heavy atom. The summed E-state index contributed by atoms with van der Waals surface area (Å²) in [5, 5.41) is 12.1. The zero-order chi connectivity index (χ0) is 13.9. The topological polar surface area (TPSA) is 69.6 Å². The molecule has 0 unspecified atom stereocenters. The van der Waals surface area contributed by atoms with Gasteiger partial charge in [0, 0.05) is 13.1 Å². The summed E-state index contributed by atoms with van der Waals surface area (Å²) in [5.74, 6) is -0.815. The van der Waals surface area contributed by atoms with Gasteiger partial charge in [-0.15, -0.1) is 0 Å². The first-order valence-corrected chi connectivity index (χ1v) is 7.30. The van der Waals surface area contributed by atoms with Gasteiger partial charge in [-0.05, 0) is 32.1 Å². The van der Waals surface area contributed by atoms with E-state index in [0.29, 0.717) is 6.04 Å². The third-order valence-corrected chi connectivity index (χ3v) is 4.71. The summed E-state index contributed by atoms with van der Waals surface area (Å²) >= 11 is 0. The van der Waals surface area contributed by atoms with Crippen molar-refractivity contribution in [3.8, 4) is 0 Å². The van der Waals surface area contributed by atoms with Crippen molar-refractivity contribution in [2.75, 3.05) is 7.05 Å². The third kappa shape index (κ3) is 3.19. The monoisotopic (exact) mass is 268 g/mol. The molecule has 5 heteroatoms. The van der Waals surface area contributed by atoms with Gasteiger partial charge in [0.15, 0.2) is 0 Å². The fourth-order valence-corrected chi connectivity index (χ4v) is 3.16.